The molecule has 0 saturated heterocycles. The van der Waals surface area contributed by atoms with E-state index >= 15 is 0 Å². The fraction of sp³-hybridized carbons (Fsp3) is 0.200. The van der Waals surface area contributed by atoms with Gasteiger partial charge in [0.15, 0.2) is 5.06 Å². The van der Waals surface area contributed by atoms with Gasteiger partial charge in [0.25, 0.3) is 0 Å². The monoisotopic (exact) mass is 180 g/mol. The fourth-order valence-electron chi connectivity index (χ4n) is 1.47. The van der Waals surface area contributed by atoms with Crippen LogP contribution in [0.3, 0.4) is 0 Å². The van der Waals surface area contributed by atoms with Gasteiger partial charge in [-0.15, -0.1) is 0 Å². The van der Waals surface area contributed by atoms with Crippen LogP contribution in [0.4, 0.5) is 0 Å². The second-order valence-electron chi connectivity index (χ2n) is 2.94. The van der Waals surface area contributed by atoms with E-state index in [2.05, 4.69) is 0 Å². The molecule has 0 spiro atoms. The Balaban J connectivity index is 2.58. The minimum absolute atomic E-state index is 0.800. The van der Waals surface area contributed by atoms with Gasteiger partial charge >= 0.3 is 0 Å². The van der Waals surface area contributed by atoms with Crippen molar-refractivity contribution in [3.8, 4) is 0 Å². The molecule has 0 heterocycles. The maximum Gasteiger partial charge on any atom is 0.183 e. The normalized spacial score (nSPS) is 26.8. The fourth-order valence-corrected chi connectivity index (χ4v) is 1.75. The Morgan fingerprint density at radius 2 is 2.08 bits per heavy atom. The van der Waals surface area contributed by atoms with E-state index in [4.69, 9.17) is 11.6 Å². The Hall–Kier alpha value is -0.790. The lowest BCUT2D eigenvalue weighted by atomic mass is 9.94. The Kier molecular flexibility index (Phi) is 1.71. The van der Waals surface area contributed by atoms with Gasteiger partial charge in [0.2, 0.25) is 0 Å². The van der Waals surface area contributed by atoms with E-state index in [-0.39, 0.29) is 0 Å². The van der Waals surface area contributed by atoms with Gasteiger partial charge in [0, 0.05) is 5.56 Å². The molecule has 1 aromatic rings. The maximum atomic E-state index is 9.71. The molecule has 62 valence electrons. The van der Waals surface area contributed by atoms with E-state index in [0.717, 1.165) is 17.5 Å². The van der Waals surface area contributed by atoms with Crippen molar-refractivity contribution in [1.29, 1.82) is 0 Å². The van der Waals surface area contributed by atoms with Gasteiger partial charge < -0.3 is 5.11 Å². The van der Waals surface area contributed by atoms with Crippen LogP contribution in [-0.4, -0.2) is 5.11 Å². The summed E-state index contributed by atoms with van der Waals surface area (Å²) in [5.74, 6) is 0. The molecule has 1 unspecified atom stereocenters. The molecule has 1 aromatic carbocycles. The third-order valence-electron chi connectivity index (χ3n) is 2.07. The van der Waals surface area contributed by atoms with Gasteiger partial charge in [-0.25, -0.2) is 0 Å². The number of hydrogen-bond acceptors (Lipinski definition) is 1. The van der Waals surface area contributed by atoms with Gasteiger partial charge in [-0.05, 0) is 18.1 Å². The molecular weight excluding hydrogens is 172 g/mol. The van der Waals surface area contributed by atoms with Crippen molar-refractivity contribution in [1.82, 2.24) is 0 Å². The summed E-state index contributed by atoms with van der Waals surface area (Å²) in [6.45, 7) is 0. The molecule has 0 radical (unpaired) electrons. The molecule has 1 aliphatic rings. The highest BCUT2D eigenvalue weighted by Gasteiger charge is 2.27. The van der Waals surface area contributed by atoms with Crippen LogP contribution >= 0.6 is 11.6 Å². The lowest BCUT2D eigenvalue weighted by Gasteiger charge is -2.23. The molecule has 0 saturated carbocycles. The Morgan fingerprint density at radius 1 is 1.33 bits per heavy atom. The quantitative estimate of drug-likeness (QED) is 0.479. The van der Waals surface area contributed by atoms with Crippen molar-refractivity contribution in [3.63, 3.8) is 0 Å². The highest BCUT2D eigenvalue weighted by molar-refractivity contribution is 6.24. The van der Waals surface area contributed by atoms with Gasteiger partial charge in [-0.1, -0.05) is 41.9 Å². The predicted molar refractivity (Wildman–Crippen MR) is 49.0 cm³/mol. The highest BCUT2D eigenvalue weighted by Crippen LogP contribution is 2.33. The van der Waals surface area contributed by atoms with Crippen molar-refractivity contribution in [2.45, 2.75) is 11.5 Å². The number of aliphatic hydroxyl groups is 1. The second-order valence-corrected chi connectivity index (χ2v) is 3.51. The second kappa shape index (κ2) is 2.61. The number of rotatable bonds is 0. The third-order valence-corrected chi connectivity index (χ3v) is 2.40. The first kappa shape index (κ1) is 7.84. The highest BCUT2D eigenvalue weighted by atomic mass is 35.5. The lowest BCUT2D eigenvalue weighted by molar-refractivity contribution is 0.178. The lowest BCUT2D eigenvalue weighted by Crippen LogP contribution is -2.19. The summed E-state index contributed by atoms with van der Waals surface area (Å²) >= 11 is 5.87. The molecule has 2 rings (SSSR count). The zero-order valence-electron chi connectivity index (χ0n) is 6.50. The van der Waals surface area contributed by atoms with E-state index in [1.165, 1.54) is 0 Å². The van der Waals surface area contributed by atoms with Crippen LogP contribution in [-0.2, 0) is 11.5 Å². The molecule has 1 aliphatic carbocycles. The number of allylic oxidation sites excluding steroid dienone is 1. The van der Waals surface area contributed by atoms with E-state index in [1.807, 2.05) is 30.3 Å². The van der Waals surface area contributed by atoms with Crippen LogP contribution in [0.1, 0.15) is 11.1 Å². The standard InChI is InChI=1S/C10H9ClO/c11-10(12)7-3-5-8-4-1-2-6-9(8)10/h1-4,6-7,12H,5H2. The number of benzene rings is 1. The van der Waals surface area contributed by atoms with Crippen molar-refractivity contribution in [2.75, 3.05) is 0 Å². The smallest absolute Gasteiger partial charge is 0.183 e. The molecule has 0 amide bonds. The Morgan fingerprint density at radius 3 is 2.83 bits per heavy atom. The van der Waals surface area contributed by atoms with Crippen molar-refractivity contribution in [3.05, 3.63) is 47.5 Å². The molecule has 1 nitrogen and oxygen atoms in total. The minimum atomic E-state index is -1.30. The Labute approximate surface area is 76.3 Å². The summed E-state index contributed by atoms with van der Waals surface area (Å²) < 4.78 is 0. The third kappa shape index (κ3) is 1.15. The van der Waals surface area contributed by atoms with E-state index in [1.54, 1.807) is 6.08 Å². The molecule has 1 atom stereocenters. The van der Waals surface area contributed by atoms with E-state index in [0.29, 0.717) is 0 Å². The van der Waals surface area contributed by atoms with Gasteiger partial charge in [-0.3, -0.25) is 0 Å². The maximum absolute atomic E-state index is 9.71. The average Bonchev–Trinajstić information content (AvgIpc) is 2.04. The molecule has 0 aliphatic heterocycles. The SMILES string of the molecule is OC1(Cl)C=CCc2ccccc21. The molecule has 2 heteroatoms. The largest absolute Gasteiger partial charge is 0.368 e. The van der Waals surface area contributed by atoms with Crippen molar-refractivity contribution < 1.29 is 5.11 Å². The first-order valence-corrected chi connectivity index (χ1v) is 4.25. The summed E-state index contributed by atoms with van der Waals surface area (Å²) in [4.78, 5) is 0. The minimum Gasteiger partial charge on any atom is -0.368 e. The molecule has 0 aromatic heterocycles. The molecule has 1 N–H and O–H groups in total. The Bertz CT molecular complexity index is 328. The predicted octanol–water partition coefficient (Wildman–Crippen LogP) is 2.18. The van der Waals surface area contributed by atoms with E-state index in [9.17, 15) is 5.11 Å². The van der Waals surface area contributed by atoms with Crippen molar-refractivity contribution in [2.24, 2.45) is 0 Å². The summed E-state index contributed by atoms with van der Waals surface area (Å²) in [6.07, 6.45) is 4.36. The molecule has 0 bridgehead atoms. The number of halogens is 1. The van der Waals surface area contributed by atoms with Crippen LogP contribution in [0, 0.1) is 0 Å². The zero-order valence-corrected chi connectivity index (χ0v) is 7.25. The number of fused-ring (bicyclic) bond motifs is 1. The van der Waals surface area contributed by atoms with Crippen LogP contribution < -0.4 is 0 Å². The van der Waals surface area contributed by atoms with Crippen molar-refractivity contribution >= 4 is 11.6 Å². The van der Waals surface area contributed by atoms with E-state index < -0.39 is 5.06 Å². The van der Waals surface area contributed by atoms with Crippen LogP contribution in [0.2, 0.25) is 0 Å². The summed E-state index contributed by atoms with van der Waals surface area (Å²) in [6, 6.07) is 7.66. The topological polar surface area (TPSA) is 20.2 Å². The molecule has 0 fully saturated rings. The first-order valence-electron chi connectivity index (χ1n) is 3.87. The number of alkyl halides is 1. The van der Waals surface area contributed by atoms with Crippen LogP contribution in [0.5, 0.6) is 0 Å². The van der Waals surface area contributed by atoms with Crippen LogP contribution in [0.25, 0.3) is 0 Å². The summed E-state index contributed by atoms with van der Waals surface area (Å²) in [5, 5.41) is 8.41. The number of hydrogen-bond donors (Lipinski definition) is 1. The summed E-state index contributed by atoms with van der Waals surface area (Å²) in [5.41, 5.74) is 1.90. The molecule has 12 heavy (non-hydrogen) atoms. The van der Waals surface area contributed by atoms with Gasteiger partial charge in [-0.2, -0.15) is 0 Å². The van der Waals surface area contributed by atoms with Gasteiger partial charge in [0.05, 0.1) is 0 Å². The average molecular weight is 181 g/mol. The molecular formula is C10H9ClO. The summed E-state index contributed by atoms with van der Waals surface area (Å²) in [7, 11) is 0. The first-order chi connectivity index (χ1) is 5.70. The van der Waals surface area contributed by atoms with Crippen LogP contribution in [0.15, 0.2) is 36.4 Å². The van der Waals surface area contributed by atoms with Gasteiger partial charge in [0.1, 0.15) is 0 Å². The zero-order chi connectivity index (χ0) is 8.60.